The molecule has 0 aromatic heterocycles. The van der Waals surface area contributed by atoms with Gasteiger partial charge in [0.25, 0.3) is 0 Å². The quantitative estimate of drug-likeness (QED) is 0.857. The first-order valence-corrected chi connectivity index (χ1v) is 5.81. The first-order valence-electron chi connectivity index (χ1n) is 5.81. The van der Waals surface area contributed by atoms with Gasteiger partial charge in [-0.25, -0.2) is 8.78 Å². The Morgan fingerprint density at radius 3 is 2.44 bits per heavy atom. The van der Waals surface area contributed by atoms with Gasteiger partial charge in [0.15, 0.2) is 0 Å². The van der Waals surface area contributed by atoms with Crippen LogP contribution in [0.25, 0.3) is 0 Å². The number of aryl methyl sites for hydroxylation is 2. The monoisotopic (exact) mass is 247 g/mol. The first-order chi connectivity index (χ1) is 8.54. The van der Waals surface area contributed by atoms with E-state index >= 15 is 0 Å². The fourth-order valence-corrected chi connectivity index (χ4v) is 1.87. The van der Waals surface area contributed by atoms with Crippen molar-refractivity contribution in [3.8, 4) is 0 Å². The average Bonchev–Trinajstić information content (AvgIpc) is 2.29. The number of rotatable bonds is 3. The molecule has 0 aliphatic rings. The molecule has 0 unspecified atom stereocenters. The molecule has 2 aromatic carbocycles. The van der Waals surface area contributed by atoms with Gasteiger partial charge in [0.2, 0.25) is 0 Å². The summed E-state index contributed by atoms with van der Waals surface area (Å²) >= 11 is 0. The van der Waals surface area contributed by atoms with Crippen molar-refractivity contribution in [3.05, 3.63) is 64.7 Å². The highest BCUT2D eigenvalue weighted by atomic mass is 19.1. The minimum Gasteiger partial charge on any atom is -0.381 e. The molecule has 94 valence electrons. The predicted molar refractivity (Wildman–Crippen MR) is 69.6 cm³/mol. The van der Waals surface area contributed by atoms with E-state index in [1.807, 2.05) is 19.9 Å². The smallest absolute Gasteiger partial charge is 0.128 e. The van der Waals surface area contributed by atoms with Gasteiger partial charge in [0.1, 0.15) is 11.6 Å². The number of halogens is 2. The van der Waals surface area contributed by atoms with E-state index in [0.29, 0.717) is 17.8 Å². The van der Waals surface area contributed by atoms with Crippen LogP contribution in [0.4, 0.5) is 14.5 Å². The topological polar surface area (TPSA) is 12.0 Å². The van der Waals surface area contributed by atoms with Gasteiger partial charge >= 0.3 is 0 Å². The van der Waals surface area contributed by atoms with Crippen LogP contribution in [0.2, 0.25) is 0 Å². The number of hydrogen-bond acceptors (Lipinski definition) is 1. The van der Waals surface area contributed by atoms with Gasteiger partial charge in [0.05, 0.1) is 0 Å². The number of anilines is 1. The molecule has 0 radical (unpaired) electrons. The Morgan fingerprint density at radius 2 is 1.72 bits per heavy atom. The zero-order chi connectivity index (χ0) is 13.1. The van der Waals surface area contributed by atoms with E-state index in [4.69, 9.17) is 0 Å². The molecule has 0 bridgehead atoms. The predicted octanol–water partition coefficient (Wildman–Crippen LogP) is 4.19. The molecule has 1 N–H and O–H groups in total. The Morgan fingerprint density at radius 1 is 0.944 bits per heavy atom. The normalized spacial score (nSPS) is 10.4. The van der Waals surface area contributed by atoms with Crippen LogP contribution in [0.1, 0.15) is 16.7 Å². The number of benzene rings is 2. The maximum atomic E-state index is 13.5. The number of hydrogen-bond donors (Lipinski definition) is 1. The van der Waals surface area contributed by atoms with Gasteiger partial charge in [-0.15, -0.1) is 0 Å². The van der Waals surface area contributed by atoms with Gasteiger partial charge < -0.3 is 5.32 Å². The fraction of sp³-hybridized carbons (Fsp3) is 0.200. The lowest BCUT2D eigenvalue weighted by atomic mass is 10.1. The van der Waals surface area contributed by atoms with Gasteiger partial charge in [-0.3, -0.25) is 0 Å². The van der Waals surface area contributed by atoms with Gasteiger partial charge in [-0.05, 0) is 43.7 Å². The van der Waals surface area contributed by atoms with Crippen molar-refractivity contribution in [2.24, 2.45) is 0 Å². The maximum Gasteiger partial charge on any atom is 0.128 e. The van der Waals surface area contributed by atoms with Crippen LogP contribution in [-0.2, 0) is 6.54 Å². The van der Waals surface area contributed by atoms with Gasteiger partial charge in [0, 0.05) is 17.8 Å². The van der Waals surface area contributed by atoms with E-state index in [-0.39, 0.29) is 11.6 Å². The van der Waals surface area contributed by atoms with Crippen molar-refractivity contribution >= 4 is 5.69 Å². The van der Waals surface area contributed by atoms with E-state index in [0.717, 1.165) is 11.1 Å². The molecule has 3 heteroatoms. The van der Waals surface area contributed by atoms with Crippen LogP contribution in [0.5, 0.6) is 0 Å². The molecule has 0 spiro atoms. The van der Waals surface area contributed by atoms with Crippen LogP contribution in [0.15, 0.2) is 36.4 Å². The molecule has 0 heterocycles. The largest absolute Gasteiger partial charge is 0.381 e. The van der Waals surface area contributed by atoms with Crippen LogP contribution in [-0.4, -0.2) is 0 Å². The van der Waals surface area contributed by atoms with Crippen molar-refractivity contribution in [1.29, 1.82) is 0 Å². The Balaban J connectivity index is 2.13. The average molecular weight is 247 g/mol. The molecule has 0 saturated carbocycles. The first kappa shape index (κ1) is 12.6. The molecule has 0 saturated heterocycles. The zero-order valence-corrected chi connectivity index (χ0v) is 10.4. The second kappa shape index (κ2) is 5.17. The Kier molecular flexibility index (Phi) is 3.60. The lowest BCUT2D eigenvalue weighted by Crippen LogP contribution is -2.02. The summed E-state index contributed by atoms with van der Waals surface area (Å²) in [5.41, 5.74) is 3.08. The van der Waals surface area contributed by atoms with E-state index in [1.54, 1.807) is 12.1 Å². The summed E-state index contributed by atoms with van der Waals surface area (Å²) in [6.07, 6.45) is 0. The summed E-state index contributed by atoms with van der Waals surface area (Å²) in [6.45, 7) is 4.08. The summed E-state index contributed by atoms with van der Waals surface area (Å²) in [4.78, 5) is 0. The Labute approximate surface area is 105 Å². The molecular formula is C15H15F2N. The second-order valence-corrected chi connectivity index (χ2v) is 4.47. The van der Waals surface area contributed by atoms with Crippen molar-refractivity contribution in [3.63, 3.8) is 0 Å². The van der Waals surface area contributed by atoms with E-state index < -0.39 is 0 Å². The minimum absolute atomic E-state index is 0.249. The van der Waals surface area contributed by atoms with Gasteiger partial charge in [-0.1, -0.05) is 17.7 Å². The van der Waals surface area contributed by atoms with Crippen molar-refractivity contribution in [1.82, 2.24) is 0 Å². The van der Waals surface area contributed by atoms with E-state index in [9.17, 15) is 8.78 Å². The molecule has 0 aliphatic heterocycles. The highest BCUT2D eigenvalue weighted by Gasteiger charge is 2.03. The van der Waals surface area contributed by atoms with E-state index in [1.165, 1.54) is 18.2 Å². The third-order valence-electron chi connectivity index (χ3n) is 2.73. The Hall–Kier alpha value is -1.90. The van der Waals surface area contributed by atoms with Crippen molar-refractivity contribution < 1.29 is 8.78 Å². The van der Waals surface area contributed by atoms with Crippen LogP contribution in [0.3, 0.4) is 0 Å². The fourth-order valence-electron chi connectivity index (χ4n) is 1.87. The van der Waals surface area contributed by atoms with Gasteiger partial charge in [-0.2, -0.15) is 0 Å². The van der Waals surface area contributed by atoms with Crippen LogP contribution < -0.4 is 5.32 Å². The minimum atomic E-state index is -0.290. The molecule has 2 rings (SSSR count). The summed E-state index contributed by atoms with van der Waals surface area (Å²) in [6, 6.07) is 9.65. The SMILES string of the molecule is Cc1cc(F)cc(NCc2cc(C)ccc2F)c1. The lowest BCUT2D eigenvalue weighted by Gasteiger charge is -2.09. The molecule has 0 aliphatic carbocycles. The van der Waals surface area contributed by atoms with Crippen molar-refractivity contribution in [2.45, 2.75) is 20.4 Å². The Bertz CT molecular complexity index is 544. The zero-order valence-electron chi connectivity index (χ0n) is 10.4. The molecular weight excluding hydrogens is 232 g/mol. The molecule has 0 amide bonds. The molecule has 0 fully saturated rings. The summed E-state index contributed by atoms with van der Waals surface area (Å²) < 4.78 is 26.7. The summed E-state index contributed by atoms with van der Waals surface area (Å²) in [7, 11) is 0. The van der Waals surface area contributed by atoms with Crippen LogP contribution >= 0.6 is 0 Å². The maximum absolute atomic E-state index is 13.5. The highest BCUT2D eigenvalue weighted by Crippen LogP contribution is 2.16. The standard InChI is InChI=1S/C15H15F2N/c1-10-3-4-15(17)12(5-10)9-18-14-7-11(2)6-13(16)8-14/h3-8,18H,9H2,1-2H3. The number of nitrogens with one attached hydrogen (secondary N) is 1. The molecule has 18 heavy (non-hydrogen) atoms. The lowest BCUT2D eigenvalue weighted by molar-refractivity contribution is 0.612. The summed E-state index contributed by atoms with van der Waals surface area (Å²) in [5.74, 6) is -0.538. The second-order valence-electron chi connectivity index (χ2n) is 4.47. The van der Waals surface area contributed by atoms with Crippen molar-refractivity contribution in [2.75, 3.05) is 5.32 Å². The molecule has 0 atom stereocenters. The summed E-state index contributed by atoms with van der Waals surface area (Å²) in [5, 5.41) is 3.03. The van der Waals surface area contributed by atoms with E-state index in [2.05, 4.69) is 5.32 Å². The molecule has 1 nitrogen and oxygen atoms in total. The third kappa shape index (κ3) is 3.06. The van der Waals surface area contributed by atoms with Crippen LogP contribution in [0, 0.1) is 25.5 Å². The highest BCUT2D eigenvalue weighted by molar-refractivity contribution is 5.46. The molecule has 2 aromatic rings. The third-order valence-corrected chi connectivity index (χ3v) is 2.73.